The van der Waals surface area contributed by atoms with Gasteiger partial charge in [-0.25, -0.2) is 0 Å². The lowest BCUT2D eigenvalue weighted by molar-refractivity contribution is -0.129. The summed E-state index contributed by atoms with van der Waals surface area (Å²) in [6.45, 7) is 2.60. The molecule has 1 fully saturated rings. The van der Waals surface area contributed by atoms with Gasteiger partial charge in [0, 0.05) is 30.9 Å². The first kappa shape index (κ1) is 15.5. The minimum absolute atomic E-state index is 0.117. The van der Waals surface area contributed by atoms with Crippen molar-refractivity contribution in [2.45, 2.75) is 32.4 Å². The Kier molecular flexibility index (Phi) is 4.01. The largest absolute Gasteiger partial charge is 0.337 e. The summed E-state index contributed by atoms with van der Waals surface area (Å²) in [4.78, 5) is 22.7. The second-order valence-corrected chi connectivity index (χ2v) is 6.26. The van der Waals surface area contributed by atoms with E-state index in [1.54, 1.807) is 12.4 Å². The van der Waals surface area contributed by atoms with Gasteiger partial charge in [-0.2, -0.15) is 4.98 Å². The van der Waals surface area contributed by atoms with E-state index in [4.69, 9.17) is 4.52 Å². The number of carbonyl (C=O) groups is 1. The maximum absolute atomic E-state index is 12.3. The SMILES string of the molecule is Cc1ccc(CN2C(=O)CCC2c2nc(-c3cccnc3)no2)cc1. The van der Waals surface area contributed by atoms with Crippen LogP contribution >= 0.6 is 0 Å². The van der Waals surface area contributed by atoms with Crippen molar-refractivity contribution in [3.63, 3.8) is 0 Å². The molecule has 0 saturated carbocycles. The summed E-state index contributed by atoms with van der Waals surface area (Å²) in [6, 6.07) is 11.7. The molecule has 0 N–H and O–H groups in total. The number of likely N-dealkylation sites (tertiary alicyclic amines) is 1. The molecule has 1 amide bonds. The Morgan fingerprint density at radius 2 is 2.08 bits per heavy atom. The molecule has 1 saturated heterocycles. The van der Waals surface area contributed by atoms with Crippen LogP contribution in [0.25, 0.3) is 11.4 Å². The number of aryl methyl sites for hydroxylation is 1. The number of nitrogens with zero attached hydrogens (tertiary/aromatic N) is 4. The Labute approximate surface area is 145 Å². The number of hydrogen-bond donors (Lipinski definition) is 0. The summed E-state index contributed by atoms with van der Waals surface area (Å²) >= 11 is 0. The first-order valence-electron chi connectivity index (χ1n) is 8.30. The summed E-state index contributed by atoms with van der Waals surface area (Å²) in [5.41, 5.74) is 3.09. The average molecular weight is 334 g/mol. The Balaban J connectivity index is 1.57. The summed E-state index contributed by atoms with van der Waals surface area (Å²) in [5, 5.41) is 4.05. The first-order valence-corrected chi connectivity index (χ1v) is 8.30. The van der Waals surface area contributed by atoms with Crippen molar-refractivity contribution in [1.82, 2.24) is 20.0 Å². The van der Waals surface area contributed by atoms with Crippen molar-refractivity contribution < 1.29 is 9.32 Å². The molecule has 3 heterocycles. The van der Waals surface area contributed by atoms with E-state index >= 15 is 0 Å². The van der Waals surface area contributed by atoms with E-state index < -0.39 is 0 Å². The van der Waals surface area contributed by atoms with Crippen molar-refractivity contribution in [2.75, 3.05) is 0 Å². The Bertz CT molecular complexity index is 874. The highest BCUT2D eigenvalue weighted by atomic mass is 16.5. The summed E-state index contributed by atoms with van der Waals surface area (Å²) < 4.78 is 5.46. The number of amides is 1. The van der Waals surface area contributed by atoms with Gasteiger partial charge < -0.3 is 9.42 Å². The third-order valence-corrected chi connectivity index (χ3v) is 4.45. The average Bonchev–Trinajstić information content (AvgIpc) is 3.25. The van der Waals surface area contributed by atoms with Crippen LogP contribution in [0.3, 0.4) is 0 Å². The molecule has 1 aromatic carbocycles. The Morgan fingerprint density at radius 3 is 2.84 bits per heavy atom. The third-order valence-electron chi connectivity index (χ3n) is 4.45. The quantitative estimate of drug-likeness (QED) is 0.732. The van der Waals surface area contributed by atoms with Gasteiger partial charge in [-0.05, 0) is 31.0 Å². The van der Waals surface area contributed by atoms with E-state index in [1.165, 1.54) is 5.56 Å². The summed E-state index contributed by atoms with van der Waals surface area (Å²) in [7, 11) is 0. The van der Waals surface area contributed by atoms with Gasteiger partial charge in [-0.1, -0.05) is 35.0 Å². The minimum Gasteiger partial charge on any atom is -0.337 e. The van der Waals surface area contributed by atoms with E-state index in [0.29, 0.717) is 31.1 Å². The topological polar surface area (TPSA) is 72.1 Å². The lowest BCUT2D eigenvalue weighted by Gasteiger charge is -2.22. The molecule has 6 heteroatoms. The molecule has 0 spiro atoms. The fourth-order valence-electron chi connectivity index (χ4n) is 3.06. The smallest absolute Gasteiger partial charge is 0.249 e. The van der Waals surface area contributed by atoms with Gasteiger partial charge in [0.1, 0.15) is 6.04 Å². The van der Waals surface area contributed by atoms with Crippen molar-refractivity contribution in [3.8, 4) is 11.4 Å². The van der Waals surface area contributed by atoms with Crippen LogP contribution in [0, 0.1) is 6.92 Å². The third kappa shape index (κ3) is 3.15. The van der Waals surface area contributed by atoms with Gasteiger partial charge in [0.25, 0.3) is 0 Å². The van der Waals surface area contributed by atoms with Crippen LogP contribution in [0.2, 0.25) is 0 Å². The predicted molar refractivity (Wildman–Crippen MR) is 91.2 cm³/mol. The van der Waals surface area contributed by atoms with Crippen LogP contribution in [-0.2, 0) is 11.3 Å². The number of hydrogen-bond acceptors (Lipinski definition) is 5. The molecular weight excluding hydrogens is 316 g/mol. The van der Waals surface area contributed by atoms with Crippen LogP contribution in [0.1, 0.15) is 35.9 Å². The number of pyridine rings is 1. The molecule has 0 bridgehead atoms. The highest BCUT2D eigenvalue weighted by molar-refractivity contribution is 5.78. The number of rotatable bonds is 4. The maximum atomic E-state index is 12.3. The first-order chi connectivity index (χ1) is 12.2. The van der Waals surface area contributed by atoms with Crippen LogP contribution < -0.4 is 0 Å². The molecule has 1 unspecified atom stereocenters. The zero-order valence-corrected chi connectivity index (χ0v) is 13.9. The van der Waals surface area contributed by atoms with Crippen molar-refractivity contribution in [3.05, 3.63) is 65.8 Å². The fraction of sp³-hybridized carbons (Fsp3) is 0.263. The second kappa shape index (κ2) is 6.47. The molecule has 4 rings (SSSR count). The molecule has 126 valence electrons. The molecule has 6 nitrogen and oxygen atoms in total. The number of benzene rings is 1. The van der Waals surface area contributed by atoms with Gasteiger partial charge in [-0.15, -0.1) is 0 Å². The molecule has 3 aromatic rings. The summed E-state index contributed by atoms with van der Waals surface area (Å²) in [6.07, 6.45) is 4.59. The molecule has 0 radical (unpaired) electrons. The minimum atomic E-state index is -0.174. The number of carbonyl (C=O) groups excluding carboxylic acids is 1. The second-order valence-electron chi connectivity index (χ2n) is 6.26. The van der Waals surface area contributed by atoms with Gasteiger partial charge in [0.2, 0.25) is 17.6 Å². The molecular formula is C19H18N4O2. The Morgan fingerprint density at radius 1 is 1.24 bits per heavy atom. The maximum Gasteiger partial charge on any atom is 0.249 e. The molecule has 1 aliphatic rings. The van der Waals surface area contributed by atoms with Gasteiger partial charge in [0.05, 0.1) is 0 Å². The fourth-order valence-corrected chi connectivity index (χ4v) is 3.06. The molecule has 0 aliphatic carbocycles. The zero-order chi connectivity index (χ0) is 17.2. The van der Waals surface area contributed by atoms with Gasteiger partial charge >= 0.3 is 0 Å². The lowest BCUT2D eigenvalue weighted by Crippen LogP contribution is -2.27. The lowest BCUT2D eigenvalue weighted by atomic mass is 10.1. The number of aromatic nitrogens is 3. The predicted octanol–water partition coefficient (Wildman–Crippen LogP) is 3.30. The zero-order valence-electron chi connectivity index (χ0n) is 13.9. The van der Waals surface area contributed by atoms with Gasteiger partial charge in [0.15, 0.2) is 0 Å². The molecule has 1 aliphatic heterocycles. The van der Waals surface area contributed by atoms with E-state index in [1.807, 2.05) is 36.1 Å². The standard InChI is InChI=1S/C19H18N4O2/c1-13-4-6-14(7-5-13)12-23-16(8-9-17(23)24)19-21-18(22-25-19)15-3-2-10-20-11-15/h2-7,10-11,16H,8-9,12H2,1H3. The van der Waals surface area contributed by atoms with E-state index in [-0.39, 0.29) is 11.9 Å². The summed E-state index contributed by atoms with van der Waals surface area (Å²) in [5.74, 6) is 1.10. The van der Waals surface area contributed by atoms with Gasteiger partial charge in [-0.3, -0.25) is 9.78 Å². The van der Waals surface area contributed by atoms with Crippen LogP contribution in [0.4, 0.5) is 0 Å². The van der Waals surface area contributed by atoms with Crippen molar-refractivity contribution >= 4 is 5.91 Å². The van der Waals surface area contributed by atoms with Crippen LogP contribution in [-0.4, -0.2) is 25.9 Å². The van der Waals surface area contributed by atoms with E-state index in [9.17, 15) is 4.79 Å². The molecule has 25 heavy (non-hydrogen) atoms. The van der Waals surface area contributed by atoms with Crippen molar-refractivity contribution in [2.24, 2.45) is 0 Å². The van der Waals surface area contributed by atoms with E-state index in [2.05, 4.69) is 27.3 Å². The van der Waals surface area contributed by atoms with Crippen LogP contribution in [0.5, 0.6) is 0 Å². The van der Waals surface area contributed by atoms with Crippen LogP contribution in [0.15, 0.2) is 53.3 Å². The highest BCUT2D eigenvalue weighted by Crippen LogP contribution is 2.34. The monoisotopic (exact) mass is 334 g/mol. The molecule has 2 aromatic heterocycles. The highest BCUT2D eigenvalue weighted by Gasteiger charge is 2.36. The Hall–Kier alpha value is -3.02. The molecule has 1 atom stereocenters. The normalized spacial score (nSPS) is 17.2. The van der Waals surface area contributed by atoms with Crippen molar-refractivity contribution in [1.29, 1.82) is 0 Å². The van der Waals surface area contributed by atoms with E-state index in [0.717, 1.165) is 11.1 Å².